The standard InChI is InChI=1S/C18H20F3N3O2/c19-18(20,21)16-9-10-24(23-16)15-7-1-12(2-8-15)11-22-14-5-3-13(4-6-14)17(25)26/h1-2,7-10,13-14,22H,3-6,11H2,(H,25,26). The summed E-state index contributed by atoms with van der Waals surface area (Å²) >= 11 is 0. The molecule has 1 aliphatic carbocycles. The van der Waals surface area contributed by atoms with Crippen LogP contribution >= 0.6 is 0 Å². The molecule has 0 aliphatic heterocycles. The van der Waals surface area contributed by atoms with Crippen molar-refractivity contribution in [2.75, 3.05) is 0 Å². The molecule has 0 bridgehead atoms. The zero-order valence-corrected chi connectivity index (χ0v) is 14.0. The Balaban J connectivity index is 1.54. The van der Waals surface area contributed by atoms with E-state index in [1.165, 1.54) is 10.9 Å². The smallest absolute Gasteiger partial charge is 0.435 e. The van der Waals surface area contributed by atoms with Gasteiger partial charge < -0.3 is 10.4 Å². The van der Waals surface area contributed by atoms with Crippen LogP contribution in [0.3, 0.4) is 0 Å². The summed E-state index contributed by atoms with van der Waals surface area (Å²) in [5.41, 5.74) is 0.656. The number of aromatic nitrogens is 2. The van der Waals surface area contributed by atoms with Gasteiger partial charge in [0.1, 0.15) is 0 Å². The van der Waals surface area contributed by atoms with E-state index in [1.54, 1.807) is 12.1 Å². The maximum absolute atomic E-state index is 12.6. The summed E-state index contributed by atoms with van der Waals surface area (Å²) in [6.07, 6.45) is -0.115. The lowest BCUT2D eigenvalue weighted by atomic mass is 9.86. The molecule has 1 aromatic carbocycles. The van der Waals surface area contributed by atoms with Crippen molar-refractivity contribution in [2.24, 2.45) is 5.92 Å². The average molecular weight is 367 g/mol. The Kier molecular flexibility index (Phi) is 5.31. The summed E-state index contributed by atoms with van der Waals surface area (Å²) in [5.74, 6) is -0.950. The molecule has 0 unspecified atom stereocenters. The third-order valence-electron chi connectivity index (χ3n) is 4.75. The zero-order chi connectivity index (χ0) is 18.7. The van der Waals surface area contributed by atoms with Crippen molar-refractivity contribution in [3.63, 3.8) is 0 Å². The number of halogens is 3. The van der Waals surface area contributed by atoms with E-state index in [4.69, 9.17) is 5.11 Å². The molecule has 1 aliphatic rings. The molecule has 26 heavy (non-hydrogen) atoms. The number of benzene rings is 1. The highest BCUT2D eigenvalue weighted by molar-refractivity contribution is 5.70. The second-order valence-electron chi connectivity index (χ2n) is 6.58. The summed E-state index contributed by atoms with van der Waals surface area (Å²) in [6.45, 7) is 0.635. The van der Waals surface area contributed by atoms with Gasteiger partial charge in [-0.05, 0) is 49.4 Å². The first-order valence-electron chi connectivity index (χ1n) is 8.51. The fourth-order valence-electron chi connectivity index (χ4n) is 3.19. The first-order valence-corrected chi connectivity index (χ1v) is 8.51. The molecule has 0 saturated heterocycles. The van der Waals surface area contributed by atoms with Crippen molar-refractivity contribution in [3.8, 4) is 5.69 Å². The highest BCUT2D eigenvalue weighted by Crippen LogP contribution is 2.28. The Hall–Kier alpha value is -2.35. The normalized spacial score (nSPS) is 20.9. The first-order chi connectivity index (χ1) is 12.3. The van der Waals surface area contributed by atoms with Crippen LogP contribution in [0.1, 0.15) is 36.9 Å². The summed E-state index contributed by atoms with van der Waals surface area (Å²) in [7, 11) is 0. The lowest BCUT2D eigenvalue weighted by Crippen LogP contribution is -2.34. The van der Waals surface area contributed by atoms with Crippen molar-refractivity contribution in [1.29, 1.82) is 0 Å². The fourth-order valence-corrected chi connectivity index (χ4v) is 3.19. The number of nitrogens with one attached hydrogen (secondary N) is 1. The van der Waals surface area contributed by atoms with E-state index in [9.17, 15) is 18.0 Å². The van der Waals surface area contributed by atoms with Gasteiger partial charge in [0, 0.05) is 18.8 Å². The minimum atomic E-state index is -4.45. The van der Waals surface area contributed by atoms with Gasteiger partial charge >= 0.3 is 12.1 Å². The predicted octanol–water partition coefficient (Wildman–Crippen LogP) is 3.62. The monoisotopic (exact) mass is 367 g/mol. The minimum absolute atomic E-state index is 0.233. The molecular weight excluding hydrogens is 347 g/mol. The van der Waals surface area contributed by atoms with E-state index >= 15 is 0 Å². The van der Waals surface area contributed by atoms with Crippen LogP contribution < -0.4 is 5.32 Å². The molecule has 3 rings (SSSR count). The molecule has 1 heterocycles. The average Bonchev–Trinajstić information content (AvgIpc) is 3.11. The van der Waals surface area contributed by atoms with Crippen LogP contribution in [0.5, 0.6) is 0 Å². The maximum Gasteiger partial charge on any atom is 0.435 e. The van der Waals surface area contributed by atoms with Crippen molar-refractivity contribution >= 4 is 5.97 Å². The van der Waals surface area contributed by atoms with E-state index in [2.05, 4.69) is 10.4 Å². The van der Waals surface area contributed by atoms with Gasteiger partial charge in [-0.1, -0.05) is 12.1 Å². The molecule has 1 aromatic heterocycles. The van der Waals surface area contributed by atoms with Crippen molar-refractivity contribution in [2.45, 2.75) is 44.4 Å². The Morgan fingerprint density at radius 3 is 2.35 bits per heavy atom. The van der Waals surface area contributed by atoms with E-state index in [0.717, 1.165) is 24.5 Å². The van der Waals surface area contributed by atoms with E-state index in [1.807, 2.05) is 12.1 Å². The molecule has 1 fully saturated rings. The molecule has 2 aromatic rings. The zero-order valence-electron chi connectivity index (χ0n) is 14.0. The Labute approximate surface area is 148 Å². The largest absolute Gasteiger partial charge is 0.481 e. The number of aliphatic carboxylic acids is 1. The quantitative estimate of drug-likeness (QED) is 0.847. The van der Waals surface area contributed by atoms with Gasteiger partial charge in [-0.3, -0.25) is 4.79 Å². The van der Waals surface area contributed by atoms with Gasteiger partial charge in [-0.25, -0.2) is 4.68 Å². The summed E-state index contributed by atoms with van der Waals surface area (Å²) < 4.78 is 39.0. The van der Waals surface area contributed by atoms with Crippen LogP contribution in [0.2, 0.25) is 0 Å². The number of nitrogens with zero attached hydrogens (tertiary/aromatic N) is 2. The van der Waals surface area contributed by atoms with Gasteiger partial charge in [0.2, 0.25) is 0 Å². The Morgan fingerprint density at radius 2 is 1.81 bits per heavy atom. The van der Waals surface area contributed by atoms with Crippen LogP contribution in [0.15, 0.2) is 36.5 Å². The van der Waals surface area contributed by atoms with Crippen LogP contribution in [0, 0.1) is 5.92 Å². The number of carboxylic acid groups (broad SMARTS) is 1. The Bertz CT molecular complexity index is 748. The van der Waals surface area contributed by atoms with Gasteiger partial charge in [-0.2, -0.15) is 18.3 Å². The van der Waals surface area contributed by atoms with E-state index < -0.39 is 17.8 Å². The summed E-state index contributed by atoms with van der Waals surface area (Å²) in [6, 6.07) is 8.39. The van der Waals surface area contributed by atoms with Crippen LogP contribution in [-0.2, 0) is 17.5 Å². The molecule has 0 amide bonds. The molecule has 8 heteroatoms. The third-order valence-corrected chi connectivity index (χ3v) is 4.75. The highest BCUT2D eigenvalue weighted by atomic mass is 19.4. The van der Waals surface area contributed by atoms with Crippen molar-refractivity contribution in [1.82, 2.24) is 15.1 Å². The van der Waals surface area contributed by atoms with Crippen LogP contribution in [0.25, 0.3) is 5.69 Å². The lowest BCUT2D eigenvalue weighted by molar-refractivity contribution is -0.143. The van der Waals surface area contributed by atoms with Gasteiger partial charge in [0.15, 0.2) is 5.69 Å². The Morgan fingerprint density at radius 1 is 1.15 bits per heavy atom. The van der Waals surface area contributed by atoms with Gasteiger partial charge in [-0.15, -0.1) is 0 Å². The second-order valence-corrected chi connectivity index (χ2v) is 6.58. The summed E-state index contributed by atoms with van der Waals surface area (Å²) in [5, 5.41) is 16.0. The van der Waals surface area contributed by atoms with E-state index in [-0.39, 0.29) is 5.92 Å². The highest BCUT2D eigenvalue weighted by Gasteiger charge is 2.33. The molecule has 0 atom stereocenters. The van der Waals surface area contributed by atoms with Gasteiger partial charge in [0.25, 0.3) is 0 Å². The number of carboxylic acids is 1. The van der Waals surface area contributed by atoms with Crippen LogP contribution in [0.4, 0.5) is 13.2 Å². The second kappa shape index (κ2) is 7.49. The lowest BCUT2D eigenvalue weighted by Gasteiger charge is -2.27. The molecule has 140 valence electrons. The van der Waals surface area contributed by atoms with E-state index in [0.29, 0.717) is 31.1 Å². The first kappa shape index (κ1) is 18.4. The maximum atomic E-state index is 12.6. The van der Waals surface area contributed by atoms with Crippen molar-refractivity contribution < 1.29 is 23.1 Å². The minimum Gasteiger partial charge on any atom is -0.481 e. The molecular formula is C18H20F3N3O2. The number of alkyl halides is 3. The number of hydrogen-bond donors (Lipinski definition) is 2. The topological polar surface area (TPSA) is 67.2 Å². The predicted molar refractivity (Wildman–Crippen MR) is 88.8 cm³/mol. The van der Waals surface area contributed by atoms with Crippen molar-refractivity contribution in [3.05, 3.63) is 47.8 Å². The van der Waals surface area contributed by atoms with Gasteiger partial charge in [0.05, 0.1) is 11.6 Å². The molecule has 1 saturated carbocycles. The third kappa shape index (κ3) is 4.43. The SMILES string of the molecule is O=C(O)C1CCC(NCc2ccc(-n3ccc(C(F)(F)F)n3)cc2)CC1. The number of carbonyl (C=O) groups is 1. The molecule has 5 nitrogen and oxygen atoms in total. The number of rotatable bonds is 5. The number of hydrogen-bond acceptors (Lipinski definition) is 3. The summed E-state index contributed by atoms with van der Waals surface area (Å²) in [4.78, 5) is 11.0. The van der Waals surface area contributed by atoms with Crippen LogP contribution in [-0.4, -0.2) is 26.9 Å². The molecule has 2 N–H and O–H groups in total. The molecule has 0 radical (unpaired) electrons. The molecule has 0 spiro atoms. The fraction of sp³-hybridized carbons (Fsp3) is 0.444.